The van der Waals surface area contributed by atoms with Crippen LogP contribution in [0.2, 0.25) is 0 Å². The van der Waals surface area contributed by atoms with Crippen LogP contribution < -0.4 is 5.32 Å². The Hall–Kier alpha value is -3.48. The van der Waals surface area contributed by atoms with Crippen molar-refractivity contribution in [2.24, 2.45) is 0 Å². The minimum absolute atomic E-state index is 0.169. The Morgan fingerprint density at radius 1 is 1.15 bits per heavy atom. The third-order valence-corrected chi connectivity index (χ3v) is 4.37. The van der Waals surface area contributed by atoms with Crippen LogP contribution in [0.3, 0.4) is 0 Å². The van der Waals surface area contributed by atoms with Crippen molar-refractivity contribution in [2.75, 3.05) is 0 Å². The summed E-state index contributed by atoms with van der Waals surface area (Å²) < 4.78 is 3.63. The molecule has 0 saturated carbocycles. The Balaban J connectivity index is 1.53. The molecule has 1 N–H and O–H groups in total. The van der Waals surface area contributed by atoms with E-state index in [0.717, 1.165) is 22.3 Å². The van der Waals surface area contributed by atoms with E-state index in [-0.39, 0.29) is 11.9 Å². The molecule has 0 fully saturated rings. The van der Waals surface area contributed by atoms with Gasteiger partial charge in [0.2, 0.25) is 0 Å². The molecule has 7 heteroatoms. The molecule has 0 aliphatic carbocycles. The number of para-hydroxylation sites is 1. The Labute approximate surface area is 156 Å². The van der Waals surface area contributed by atoms with Crippen molar-refractivity contribution in [1.82, 2.24) is 29.9 Å². The van der Waals surface area contributed by atoms with E-state index in [1.54, 1.807) is 23.3 Å². The lowest BCUT2D eigenvalue weighted by molar-refractivity contribution is 0.0950. The van der Waals surface area contributed by atoms with Gasteiger partial charge in [-0.1, -0.05) is 18.2 Å². The largest absolute Gasteiger partial charge is 0.348 e. The SMILES string of the molecule is CC(C)n1ncc2cc(C(=O)NCc3ccccc3-n3cccn3)cnc21. The quantitative estimate of drug-likeness (QED) is 0.593. The van der Waals surface area contributed by atoms with Crippen LogP contribution in [0.1, 0.15) is 35.8 Å². The Kier molecular flexibility index (Phi) is 4.42. The maximum absolute atomic E-state index is 12.6. The van der Waals surface area contributed by atoms with Crippen LogP contribution in [0.5, 0.6) is 0 Å². The third-order valence-electron chi connectivity index (χ3n) is 4.37. The Morgan fingerprint density at radius 3 is 2.78 bits per heavy atom. The predicted octanol–water partition coefficient (Wildman–Crippen LogP) is 3.13. The van der Waals surface area contributed by atoms with Gasteiger partial charge in [0.15, 0.2) is 5.65 Å². The molecule has 0 bridgehead atoms. The van der Waals surface area contributed by atoms with E-state index < -0.39 is 0 Å². The molecule has 0 aliphatic heterocycles. The number of carbonyl (C=O) groups is 1. The third kappa shape index (κ3) is 3.31. The second-order valence-electron chi connectivity index (χ2n) is 6.58. The highest BCUT2D eigenvalue weighted by atomic mass is 16.1. The first-order chi connectivity index (χ1) is 13.1. The number of nitrogens with zero attached hydrogens (tertiary/aromatic N) is 5. The molecule has 0 unspecified atom stereocenters. The summed E-state index contributed by atoms with van der Waals surface area (Å²) in [5, 5.41) is 12.4. The van der Waals surface area contributed by atoms with Crippen LogP contribution in [-0.4, -0.2) is 30.5 Å². The number of amides is 1. The first-order valence-electron chi connectivity index (χ1n) is 8.83. The number of rotatable bonds is 5. The molecule has 3 heterocycles. The standard InChI is InChI=1S/C20H20N6O/c1-14(2)26-19-16(13-24-26)10-17(12-21-19)20(27)22-11-15-6-3-4-7-18(15)25-9-5-8-23-25/h3-10,12-14H,11H2,1-2H3,(H,22,27). The molecule has 0 radical (unpaired) electrons. The number of nitrogens with one attached hydrogen (secondary N) is 1. The van der Waals surface area contributed by atoms with Gasteiger partial charge >= 0.3 is 0 Å². The first kappa shape index (κ1) is 17.0. The van der Waals surface area contributed by atoms with Gasteiger partial charge in [0, 0.05) is 36.6 Å². The maximum Gasteiger partial charge on any atom is 0.253 e. The van der Waals surface area contributed by atoms with Crippen LogP contribution in [0.15, 0.2) is 61.2 Å². The monoisotopic (exact) mass is 360 g/mol. The molecule has 3 aromatic heterocycles. The molecular formula is C20H20N6O. The van der Waals surface area contributed by atoms with Gasteiger partial charge in [-0.05, 0) is 37.6 Å². The van der Waals surface area contributed by atoms with Crippen molar-refractivity contribution >= 4 is 16.9 Å². The summed E-state index contributed by atoms with van der Waals surface area (Å²) in [4.78, 5) is 17.0. The van der Waals surface area contributed by atoms with Gasteiger partial charge in [-0.25, -0.2) is 14.3 Å². The fourth-order valence-corrected chi connectivity index (χ4v) is 3.01. The van der Waals surface area contributed by atoms with E-state index in [2.05, 4.69) is 20.5 Å². The molecule has 1 aromatic carbocycles. The van der Waals surface area contributed by atoms with Gasteiger partial charge in [-0.2, -0.15) is 10.2 Å². The van der Waals surface area contributed by atoms with Crippen LogP contribution in [0.4, 0.5) is 0 Å². The summed E-state index contributed by atoms with van der Waals surface area (Å²) in [6.07, 6.45) is 6.95. The molecule has 4 aromatic rings. The van der Waals surface area contributed by atoms with Gasteiger partial charge in [0.05, 0.1) is 17.4 Å². The van der Waals surface area contributed by atoms with Crippen LogP contribution in [0.25, 0.3) is 16.7 Å². The minimum Gasteiger partial charge on any atom is -0.348 e. The smallest absolute Gasteiger partial charge is 0.253 e. The van der Waals surface area contributed by atoms with Crippen LogP contribution >= 0.6 is 0 Å². The summed E-state index contributed by atoms with van der Waals surface area (Å²) in [5.74, 6) is -0.169. The number of aromatic nitrogens is 5. The van der Waals surface area contributed by atoms with E-state index in [1.807, 2.05) is 61.1 Å². The molecule has 0 saturated heterocycles. The number of fused-ring (bicyclic) bond motifs is 1. The van der Waals surface area contributed by atoms with E-state index in [0.29, 0.717) is 12.1 Å². The lowest BCUT2D eigenvalue weighted by Gasteiger charge is -2.11. The zero-order valence-corrected chi connectivity index (χ0v) is 15.2. The van der Waals surface area contributed by atoms with Crippen molar-refractivity contribution < 1.29 is 4.79 Å². The summed E-state index contributed by atoms with van der Waals surface area (Å²) in [6, 6.07) is 11.8. The van der Waals surface area contributed by atoms with E-state index in [1.165, 1.54) is 0 Å². The zero-order chi connectivity index (χ0) is 18.8. The molecule has 27 heavy (non-hydrogen) atoms. The fraction of sp³-hybridized carbons (Fsp3) is 0.200. The maximum atomic E-state index is 12.6. The van der Waals surface area contributed by atoms with Gasteiger partial charge < -0.3 is 5.32 Å². The lowest BCUT2D eigenvalue weighted by Crippen LogP contribution is -2.23. The highest BCUT2D eigenvalue weighted by molar-refractivity contribution is 5.96. The van der Waals surface area contributed by atoms with Gasteiger partial charge in [-0.15, -0.1) is 0 Å². The highest BCUT2D eigenvalue weighted by Crippen LogP contribution is 2.17. The number of pyridine rings is 1. The molecular weight excluding hydrogens is 340 g/mol. The molecule has 7 nitrogen and oxygen atoms in total. The normalized spacial score (nSPS) is 11.2. The summed E-state index contributed by atoms with van der Waals surface area (Å²) >= 11 is 0. The number of hydrogen-bond donors (Lipinski definition) is 1. The van der Waals surface area contributed by atoms with Crippen LogP contribution in [-0.2, 0) is 6.54 Å². The molecule has 0 aliphatic rings. The van der Waals surface area contributed by atoms with E-state index in [4.69, 9.17) is 0 Å². The first-order valence-corrected chi connectivity index (χ1v) is 8.83. The molecule has 0 spiro atoms. The van der Waals surface area contributed by atoms with Crippen molar-refractivity contribution in [3.63, 3.8) is 0 Å². The number of benzene rings is 1. The topological polar surface area (TPSA) is 77.6 Å². The minimum atomic E-state index is -0.169. The zero-order valence-electron chi connectivity index (χ0n) is 15.2. The van der Waals surface area contributed by atoms with E-state index >= 15 is 0 Å². The van der Waals surface area contributed by atoms with Crippen molar-refractivity contribution in [1.29, 1.82) is 0 Å². The lowest BCUT2D eigenvalue weighted by atomic mass is 10.1. The summed E-state index contributed by atoms with van der Waals surface area (Å²) in [5.41, 5.74) is 3.22. The van der Waals surface area contributed by atoms with Crippen molar-refractivity contribution in [3.8, 4) is 5.69 Å². The second-order valence-corrected chi connectivity index (χ2v) is 6.58. The summed E-state index contributed by atoms with van der Waals surface area (Å²) in [6.45, 7) is 4.50. The highest BCUT2D eigenvalue weighted by Gasteiger charge is 2.12. The van der Waals surface area contributed by atoms with Gasteiger partial charge in [-0.3, -0.25) is 4.79 Å². The predicted molar refractivity (Wildman–Crippen MR) is 103 cm³/mol. The van der Waals surface area contributed by atoms with Crippen molar-refractivity contribution in [2.45, 2.75) is 26.4 Å². The second kappa shape index (κ2) is 7.03. The van der Waals surface area contributed by atoms with Gasteiger partial charge in [0.1, 0.15) is 0 Å². The fourth-order valence-electron chi connectivity index (χ4n) is 3.01. The molecule has 136 valence electrons. The molecule has 1 amide bonds. The number of hydrogen-bond acceptors (Lipinski definition) is 4. The average molecular weight is 360 g/mol. The summed E-state index contributed by atoms with van der Waals surface area (Å²) in [7, 11) is 0. The van der Waals surface area contributed by atoms with Crippen molar-refractivity contribution in [3.05, 3.63) is 72.3 Å². The average Bonchev–Trinajstić information content (AvgIpc) is 3.35. The Morgan fingerprint density at radius 2 is 2.00 bits per heavy atom. The molecule has 4 rings (SSSR count). The Bertz CT molecular complexity index is 1080. The van der Waals surface area contributed by atoms with E-state index in [9.17, 15) is 4.79 Å². The van der Waals surface area contributed by atoms with Gasteiger partial charge in [0.25, 0.3) is 5.91 Å². The van der Waals surface area contributed by atoms with Crippen LogP contribution in [0, 0.1) is 0 Å². The number of carbonyl (C=O) groups excluding carboxylic acids is 1. The molecule has 0 atom stereocenters.